The van der Waals surface area contributed by atoms with Gasteiger partial charge in [-0.1, -0.05) is 23.7 Å². The lowest BCUT2D eigenvalue weighted by Gasteiger charge is -2.05. The number of nitrogens with one attached hydrogen (secondary N) is 2. The van der Waals surface area contributed by atoms with Gasteiger partial charge in [0.1, 0.15) is 11.6 Å². The zero-order valence-electron chi connectivity index (χ0n) is 10.2. The summed E-state index contributed by atoms with van der Waals surface area (Å²) >= 11 is 5.82. The molecular formula is C13H12ClN3O2. The van der Waals surface area contributed by atoms with Gasteiger partial charge in [-0.05, 0) is 24.6 Å². The van der Waals surface area contributed by atoms with E-state index in [1.165, 1.54) is 6.92 Å². The number of carbonyl (C=O) groups is 2. The van der Waals surface area contributed by atoms with Crippen molar-refractivity contribution in [3.8, 4) is 11.1 Å². The van der Waals surface area contributed by atoms with Gasteiger partial charge in [0.05, 0.1) is 12.6 Å². The molecule has 98 valence electrons. The highest BCUT2D eigenvalue weighted by molar-refractivity contribution is 6.30. The third kappa shape index (κ3) is 3.42. The van der Waals surface area contributed by atoms with Crippen LogP contribution in [0.1, 0.15) is 13.3 Å². The Balaban J connectivity index is 2.20. The second-order valence-corrected chi connectivity index (χ2v) is 4.53. The van der Waals surface area contributed by atoms with Crippen LogP contribution in [-0.2, 0) is 9.59 Å². The number of H-pyrrole nitrogens is 1. The molecule has 0 aliphatic rings. The Bertz CT molecular complexity index is 605. The van der Waals surface area contributed by atoms with Crippen LogP contribution in [0, 0.1) is 0 Å². The summed E-state index contributed by atoms with van der Waals surface area (Å²) < 4.78 is 0. The Hall–Kier alpha value is -2.14. The maximum atomic E-state index is 11.6. The van der Waals surface area contributed by atoms with E-state index in [9.17, 15) is 9.59 Å². The maximum Gasteiger partial charge on any atom is 0.232 e. The zero-order valence-corrected chi connectivity index (χ0v) is 11.0. The summed E-state index contributed by atoms with van der Waals surface area (Å²) in [5.74, 6) is -0.0920. The number of aromatic amines is 1. The number of halogens is 1. The SMILES string of the molecule is CC(=O)CC(=O)Nc1[nH]ncc1-c1ccc(Cl)cc1. The van der Waals surface area contributed by atoms with Crippen molar-refractivity contribution < 1.29 is 9.59 Å². The normalized spacial score (nSPS) is 10.2. The topological polar surface area (TPSA) is 74.8 Å². The quantitative estimate of drug-likeness (QED) is 0.844. The number of nitrogens with zero attached hydrogens (tertiary/aromatic N) is 1. The fourth-order valence-electron chi connectivity index (χ4n) is 1.64. The predicted octanol–water partition coefficient (Wildman–Crippen LogP) is 2.65. The van der Waals surface area contributed by atoms with E-state index >= 15 is 0 Å². The lowest BCUT2D eigenvalue weighted by Crippen LogP contribution is -2.15. The highest BCUT2D eigenvalue weighted by Crippen LogP contribution is 2.26. The largest absolute Gasteiger partial charge is 0.310 e. The second kappa shape index (κ2) is 5.67. The third-order valence-corrected chi connectivity index (χ3v) is 2.72. The van der Waals surface area contributed by atoms with Crippen LogP contribution in [-0.4, -0.2) is 21.9 Å². The molecule has 0 spiro atoms. The molecule has 19 heavy (non-hydrogen) atoms. The number of ketones is 1. The fourth-order valence-corrected chi connectivity index (χ4v) is 1.77. The molecule has 0 aliphatic heterocycles. The van der Waals surface area contributed by atoms with Crippen LogP contribution in [0.25, 0.3) is 11.1 Å². The lowest BCUT2D eigenvalue weighted by atomic mass is 10.1. The molecule has 0 fully saturated rings. The number of Topliss-reactive ketones (excluding diaryl/α,β-unsaturated/α-hetero) is 1. The van der Waals surface area contributed by atoms with Crippen LogP contribution in [0.5, 0.6) is 0 Å². The van der Waals surface area contributed by atoms with Crippen molar-refractivity contribution in [3.05, 3.63) is 35.5 Å². The number of hydrogen-bond donors (Lipinski definition) is 2. The molecular weight excluding hydrogens is 266 g/mol. The molecule has 0 unspecified atom stereocenters. The smallest absolute Gasteiger partial charge is 0.232 e. The van der Waals surface area contributed by atoms with Crippen LogP contribution in [0.4, 0.5) is 5.82 Å². The number of benzene rings is 1. The summed E-state index contributed by atoms with van der Waals surface area (Å²) in [5.41, 5.74) is 1.62. The van der Waals surface area contributed by atoms with E-state index in [1.54, 1.807) is 18.3 Å². The number of rotatable bonds is 4. The van der Waals surface area contributed by atoms with Gasteiger partial charge in [-0.25, -0.2) is 0 Å². The molecule has 1 heterocycles. The molecule has 2 rings (SSSR count). The number of aromatic nitrogens is 2. The first-order chi connectivity index (χ1) is 9.06. The van der Waals surface area contributed by atoms with E-state index < -0.39 is 0 Å². The molecule has 1 aromatic carbocycles. The van der Waals surface area contributed by atoms with E-state index in [-0.39, 0.29) is 18.1 Å². The van der Waals surface area contributed by atoms with Crippen molar-refractivity contribution >= 4 is 29.1 Å². The second-order valence-electron chi connectivity index (χ2n) is 4.09. The van der Waals surface area contributed by atoms with Gasteiger partial charge in [0.2, 0.25) is 5.91 Å². The lowest BCUT2D eigenvalue weighted by molar-refractivity contribution is -0.124. The molecule has 0 saturated carbocycles. The van der Waals surface area contributed by atoms with Crippen LogP contribution in [0.3, 0.4) is 0 Å². The fraction of sp³-hybridized carbons (Fsp3) is 0.154. The van der Waals surface area contributed by atoms with Crippen LogP contribution >= 0.6 is 11.6 Å². The molecule has 6 heteroatoms. The van der Waals surface area contributed by atoms with Crippen LogP contribution < -0.4 is 5.32 Å². The standard InChI is InChI=1S/C13H12ClN3O2/c1-8(18)6-12(19)16-13-11(7-15-17-13)9-2-4-10(14)5-3-9/h2-5,7H,6H2,1H3,(H2,15,16,17,19). The average Bonchev–Trinajstić information content (AvgIpc) is 2.77. The molecule has 2 aromatic rings. The van der Waals surface area contributed by atoms with Crippen molar-refractivity contribution in [1.82, 2.24) is 10.2 Å². The number of anilines is 1. The minimum Gasteiger partial charge on any atom is -0.310 e. The third-order valence-electron chi connectivity index (χ3n) is 2.47. The van der Waals surface area contributed by atoms with E-state index in [4.69, 9.17) is 11.6 Å². The minimum atomic E-state index is -0.369. The Morgan fingerprint density at radius 1 is 1.32 bits per heavy atom. The molecule has 2 N–H and O–H groups in total. The summed E-state index contributed by atoms with van der Waals surface area (Å²) in [6.45, 7) is 1.37. The van der Waals surface area contributed by atoms with Crippen molar-refractivity contribution in [2.24, 2.45) is 0 Å². The monoisotopic (exact) mass is 277 g/mol. The van der Waals surface area contributed by atoms with Crippen LogP contribution in [0.2, 0.25) is 5.02 Å². The first-order valence-corrected chi connectivity index (χ1v) is 6.02. The number of amides is 1. The van der Waals surface area contributed by atoms with Crippen molar-refractivity contribution in [2.75, 3.05) is 5.32 Å². The maximum absolute atomic E-state index is 11.6. The van der Waals surface area contributed by atoms with Crippen LogP contribution in [0.15, 0.2) is 30.5 Å². The molecule has 0 radical (unpaired) electrons. The Morgan fingerprint density at radius 2 is 2.00 bits per heavy atom. The van der Waals surface area contributed by atoms with Gasteiger partial charge in [-0.3, -0.25) is 14.7 Å². The van der Waals surface area contributed by atoms with Gasteiger partial charge in [0.15, 0.2) is 0 Å². The Morgan fingerprint density at radius 3 is 2.63 bits per heavy atom. The highest BCUT2D eigenvalue weighted by Gasteiger charge is 2.12. The summed E-state index contributed by atoms with van der Waals surface area (Å²) in [4.78, 5) is 22.4. The van der Waals surface area contributed by atoms with E-state index in [0.29, 0.717) is 10.8 Å². The molecule has 0 bridgehead atoms. The van der Waals surface area contributed by atoms with Crippen molar-refractivity contribution in [2.45, 2.75) is 13.3 Å². The van der Waals surface area contributed by atoms with Crippen molar-refractivity contribution in [1.29, 1.82) is 0 Å². The molecule has 5 nitrogen and oxygen atoms in total. The van der Waals surface area contributed by atoms with Gasteiger partial charge in [-0.15, -0.1) is 0 Å². The van der Waals surface area contributed by atoms with Gasteiger partial charge >= 0.3 is 0 Å². The van der Waals surface area contributed by atoms with Gasteiger partial charge < -0.3 is 5.32 Å². The summed E-state index contributed by atoms with van der Waals surface area (Å²) in [6.07, 6.45) is 1.45. The Labute approximate surface area is 115 Å². The molecule has 1 amide bonds. The van der Waals surface area contributed by atoms with E-state index in [0.717, 1.165) is 11.1 Å². The minimum absolute atomic E-state index is 0.154. The number of carbonyl (C=O) groups excluding carboxylic acids is 2. The average molecular weight is 278 g/mol. The molecule has 0 saturated heterocycles. The van der Waals surface area contributed by atoms with E-state index in [1.807, 2.05) is 12.1 Å². The molecule has 0 aliphatic carbocycles. The van der Waals surface area contributed by atoms with Gasteiger partial charge in [0.25, 0.3) is 0 Å². The first-order valence-electron chi connectivity index (χ1n) is 5.65. The van der Waals surface area contributed by atoms with Gasteiger partial charge in [0, 0.05) is 10.6 Å². The molecule has 1 aromatic heterocycles. The highest BCUT2D eigenvalue weighted by atomic mass is 35.5. The Kier molecular flexibility index (Phi) is 3.97. The summed E-state index contributed by atoms with van der Waals surface area (Å²) in [7, 11) is 0. The summed E-state index contributed by atoms with van der Waals surface area (Å²) in [5, 5.41) is 9.85. The van der Waals surface area contributed by atoms with E-state index in [2.05, 4.69) is 15.5 Å². The first kappa shape index (κ1) is 13.3. The van der Waals surface area contributed by atoms with Crippen molar-refractivity contribution in [3.63, 3.8) is 0 Å². The predicted molar refractivity (Wildman–Crippen MR) is 73.0 cm³/mol. The summed E-state index contributed by atoms with van der Waals surface area (Å²) in [6, 6.07) is 7.16. The number of hydrogen-bond acceptors (Lipinski definition) is 3. The van der Waals surface area contributed by atoms with Gasteiger partial charge in [-0.2, -0.15) is 5.10 Å². The molecule has 0 atom stereocenters. The zero-order chi connectivity index (χ0) is 13.8.